The highest BCUT2D eigenvalue weighted by atomic mass is 79.9. The van der Waals surface area contributed by atoms with E-state index in [-0.39, 0.29) is 5.56 Å². The summed E-state index contributed by atoms with van der Waals surface area (Å²) in [5.41, 5.74) is 2.03. The summed E-state index contributed by atoms with van der Waals surface area (Å²) in [6.45, 7) is 1.74. The number of carboxylic acid groups (broad SMARTS) is 1. The molecule has 0 atom stereocenters. The zero-order valence-electron chi connectivity index (χ0n) is 10.6. The van der Waals surface area contributed by atoms with Crippen LogP contribution < -0.4 is 0 Å². The first-order chi connectivity index (χ1) is 9.58. The average Bonchev–Trinajstić information content (AvgIpc) is 2.91. The molecule has 0 saturated heterocycles. The number of aromatic nitrogens is 1. The van der Waals surface area contributed by atoms with Gasteiger partial charge < -0.3 is 9.52 Å². The van der Waals surface area contributed by atoms with Crippen LogP contribution in [0.25, 0.3) is 22.4 Å². The lowest BCUT2D eigenvalue weighted by molar-refractivity contribution is 0.0698. The third-order valence-electron chi connectivity index (χ3n) is 3.16. The number of rotatable bonds is 2. The normalized spacial score (nSPS) is 10.9. The zero-order chi connectivity index (χ0) is 14.3. The number of carboxylic acids is 1. The van der Waals surface area contributed by atoms with Crippen LogP contribution in [-0.4, -0.2) is 16.1 Å². The van der Waals surface area contributed by atoms with Crippen molar-refractivity contribution in [1.82, 2.24) is 4.98 Å². The fourth-order valence-corrected chi connectivity index (χ4v) is 2.62. The Labute approximate surface area is 123 Å². The summed E-state index contributed by atoms with van der Waals surface area (Å²) in [4.78, 5) is 16.1. The number of hydrogen-bond acceptors (Lipinski definition) is 3. The van der Waals surface area contributed by atoms with E-state index in [0.717, 1.165) is 4.47 Å². The van der Waals surface area contributed by atoms with Gasteiger partial charge in [0.15, 0.2) is 5.76 Å². The molecular formula is C15H10BrNO3. The molecular weight excluding hydrogens is 322 g/mol. The van der Waals surface area contributed by atoms with E-state index in [1.807, 2.05) is 6.07 Å². The zero-order valence-corrected chi connectivity index (χ0v) is 12.1. The van der Waals surface area contributed by atoms with E-state index in [9.17, 15) is 9.90 Å². The van der Waals surface area contributed by atoms with Gasteiger partial charge in [-0.05, 0) is 42.8 Å². The summed E-state index contributed by atoms with van der Waals surface area (Å²) in [5, 5.41) is 10.1. The number of fused-ring (bicyclic) bond motifs is 1. The van der Waals surface area contributed by atoms with Gasteiger partial charge in [0.05, 0.1) is 17.3 Å². The maximum atomic E-state index is 11.6. The van der Waals surface area contributed by atoms with Crippen molar-refractivity contribution in [2.75, 3.05) is 0 Å². The first-order valence-electron chi connectivity index (χ1n) is 5.95. The second kappa shape index (κ2) is 4.76. The Hall–Kier alpha value is -2.14. The van der Waals surface area contributed by atoms with E-state index in [4.69, 9.17) is 4.42 Å². The van der Waals surface area contributed by atoms with E-state index in [1.165, 1.54) is 0 Å². The number of benzene rings is 1. The van der Waals surface area contributed by atoms with Gasteiger partial charge in [-0.15, -0.1) is 0 Å². The van der Waals surface area contributed by atoms with Crippen molar-refractivity contribution in [3.8, 4) is 11.5 Å². The molecule has 3 aromatic rings. The number of furan rings is 1. The highest BCUT2D eigenvalue weighted by molar-refractivity contribution is 9.10. The molecule has 0 aliphatic heterocycles. The monoisotopic (exact) mass is 331 g/mol. The maximum Gasteiger partial charge on any atom is 0.336 e. The molecule has 1 N–H and O–H groups in total. The summed E-state index contributed by atoms with van der Waals surface area (Å²) in [6, 6.07) is 8.92. The van der Waals surface area contributed by atoms with E-state index < -0.39 is 5.97 Å². The van der Waals surface area contributed by atoms with Crippen molar-refractivity contribution in [3.05, 3.63) is 52.2 Å². The Balaban J connectivity index is 2.43. The quantitative estimate of drug-likeness (QED) is 0.761. The lowest BCUT2D eigenvalue weighted by atomic mass is 10.0. The van der Waals surface area contributed by atoms with Gasteiger partial charge in [0.1, 0.15) is 5.69 Å². The van der Waals surface area contributed by atoms with Crippen LogP contribution in [-0.2, 0) is 0 Å². The molecule has 20 heavy (non-hydrogen) atoms. The first kappa shape index (κ1) is 12.9. The Bertz CT molecular complexity index is 810. The summed E-state index contributed by atoms with van der Waals surface area (Å²) < 4.78 is 6.16. The van der Waals surface area contributed by atoms with E-state index in [0.29, 0.717) is 27.9 Å². The molecule has 5 heteroatoms. The molecule has 0 amide bonds. The van der Waals surface area contributed by atoms with Crippen LogP contribution in [0.3, 0.4) is 0 Å². The van der Waals surface area contributed by atoms with Gasteiger partial charge in [0.25, 0.3) is 0 Å². The maximum absolute atomic E-state index is 11.6. The van der Waals surface area contributed by atoms with E-state index in [2.05, 4.69) is 20.9 Å². The highest BCUT2D eigenvalue weighted by Crippen LogP contribution is 2.31. The summed E-state index contributed by atoms with van der Waals surface area (Å²) in [6.07, 6.45) is 1.54. The van der Waals surface area contributed by atoms with Crippen LogP contribution >= 0.6 is 15.9 Å². The second-order valence-corrected chi connectivity index (χ2v) is 5.32. The van der Waals surface area contributed by atoms with Crippen molar-refractivity contribution in [1.29, 1.82) is 0 Å². The Morgan fingerprint density at radius 2 is 2.15 bits per heavy atom. The molecule has 0 radical (unpaired) electrons. The average molecular weight is 332 g/mol. The predicted octanol–water partition coefficient (Wildman–Crippen LogP) is 4.26. The molecule has 0 unspecified atom stereocenters. The van der Waals surface area contributed by atoms with Crippen LogP contribution in [0.2, 0.25) is 0 Å². The third kappa shape index (κ3) is 2.00. The molecule has 4 nitrogen and oxygen atoms in total. The number of carbonyl (C=O) groups is 1. The SMILES string of the molecule is Cc1c(-c2ccco2)nc2ccc(Br)cc2c1C(=O)O. The topological polar surface area (TPSA) is 63.3 Å². The van der Waals surface area contributed by atoms with Crippen molar-refractivity contribution in [2.45, 2.75) is 6.92 Å². The molecule has 0 spiro atoms. The fraction of sp³-hybridized carbons (Fsp3) is 0.0667. The van der Waals surface area contributed by atoms with Crippen LogP contribution in [0.15, 0.2) is 45.5 Å². The number of pyridine rings is 1. The van der Waals surface area contributed by atoms with Crippen LogP contribution in [0, 0.1) is 6.92 Å². The van der Waals surface area contributed by atoms with Gasteiger partial charge >= 0.3 is 5.97 Å². The minimum Gasteiger partial charge on any atom is -0.478 e. The lowest BCUT2D eigenvalue weighted by Crippen LogP contribution is -2.04. The van der Waals surface area contributed by atoms with Crippen molar-refractivity contribution < 1.29 is 14.3 Å². The minimum absolute atomic E-state index is 0.253. The smallest absolute Gasteiger partial charge is 0.336 e. The number of halogens is 1. The summed E-state index contributed by atoms with van der Waals surface area (Å²) in [5.74, 6) is -0.407. The van der Waals surface area contributed by atoms with Gasteiger partial charge in [0, 0.05) is 9.86 Å². The molecule has 0 bridgehead atoms. The van der Waals surface area contributed by atoms with Gasteiger partial charge in [-0.1, -0.05) is 15.9 Å². The van der Waals surface area contributed by atoms with Crippen molar-refractivity contribution >= 4 is 32.8 Å². The lowest BCUT2D eigenvalue weighted by Gasteiger charge is -2.10. The Morgan fingerprint density at radius 1 is 1.35 bits per heavy atom. The number of nitrogens with zero attached hydrogens (tertiary/aromatic N) is 1. The van der Waals surface area contributed by atoms with Gasteiger partial charge in [-0.25, -0.2) is 9.78 Å². The summed E-state index contributed by atoms with van der Waals surface area (Å²) >= 11 is 3.36. The van der Waals surface area contributed by atoms with Gasteiger partial charge in [-0.2, -0.15) is 0 Å². The molecule has 0 aliphatic rings. The second-order valence-electron chi connectivity index (χ2n) is 4.40. The van der Waals surface area contributed by atoms with Crippen molar-refractivity contribution in [2.24, 2.45) is 0 Å². The first-order valence-corrected chi connectivity index (χ1v) is 6.74. The molecule has 3 rings (SSSR count). The molecule has 0 fully saturated rings. The highest BCUT2D eigenvalue weighted by Gasteiger charge is 2.19. The summed E-state index contributed by atoms with van der Waals surface area (Å²) in [7, 11) is 0. The van der Waals surface area contributed by atoms with Gasteiger partial charge in [0.2, 0.25) is 0 Å². The molecule has 0 aliphatic carbocycles. The molecule has 100 valence electrons. The Morgan fingerprint density at radius 3 is 2.80 bits per heavy atom. The van der Waals surface area contributed by atoms with E-state index >= 15 is 0 Å². The van der Waals surface area contributed by atoms with Gasteiger partial charge in [-0.3, -0.25) is 0 Å². The van der Waals surface area contributed by atoms with E-state index in [1.54, 1.807) is 37.5 Å². The standard InChI is InChI=1S/C15H10BrNO3/c1-8-13(15(18)19)10-7-9(16)4-5-11(10)17-14(8)12-3-2-6-20-12/h2-7H,1H3,(H,18,19). The predicted molar refractivity (Wildman–Crippen MR) is 78.8 cm³/mol. The molecule has 1 aromatic carbocycles. The molecule has 0 saturated carbocycles. The molecule has 2 aromatic heterocycles. The van der Waals surface area contributed by atoms with Crippen LogP contribution in [0.1, 0.15) is 15.9 Å². The van der Waals surface area contributed by atoms with Crippen LogP contribution in [0.4, 0.5) is 0 Å². The number of hydrogen-bond donors (Lipinski definition) is 1. The fourth-order valence-electron chi connectivity index (χ4n) is 2.26. The largest absolute Gasteiger partial charge is 0.478 e. The van der Waals surface area contributed by atoms with Crippen molar-refractivity contribution in [3.63, 3.8) is 0 Å². The minimum atomic E-state index is -0.971. The van der Waals surface area contributed by atoms with Crippen LogP contribution in [0.5, 0.6) is 0 Å². The third-order valence-corrected chi connectivity index (χ3v) is 3.65. The molecule has 2 heterocycles. The Kier molecular flexibility index (Phi) is 3.06. The number of aromatic carboxylic acids is 1.